The number of amides is 3. The maximum absolute atomic E-state index is 14.2. The van der Waals surface area contributed by atoms with Crippen LogP contribution in [-0.2, 0) is 11.3 Å². The molecule has 1 unspecified atom stereocenters. The molecule has 3 amide bonds. The molecule has 2 atom stereocenters. The van der Waals surface area contributed by atoms with E-state index in [1.54, 1.807) is 30.6 Å². The van der Waals surface area contributed by atoms with E-state index in [-0.39, 0.29) is 17.8 Å². The molecule has 2 aliphatic heterocycles. The number of halogens is 2. The molecule has 1 spiro atoms. The highest BCUT2D eigenvalue weighted by Gasteiger charge is 2.64. The van der Waals surface area contributed by atoms with Crippen LogP contribution in [0.25, 0.3) is 0 Å². The number of likely N-dealkylation sites (N-methyl/N-ethyl adjacent to an activating group) is 1. The second-order valence-corrected chi connectivity index (χ2v) is 11.0. The number of thiophene rings is 1. The maximum atomic E-state index is 14.2. The van der Waals surface area contributed by atoms with Gasteiger partial charge < -0.3 is 10.0 Å². The van der Waals surface area contributed by atoms with E-state index in [9.17, 15) is 24.8 Å². The molecular formula is C26H20Cl2N4O4S. The molecule has 1 aromatic heterocycles. The molecule has 0 radical (unpaired) electrons. The van der Waals surface area contributed by atoms with Gasteiger partial charge in [-0.2, -0.15) is 5.26 Å². The summed E-state index contributed by atoms with van der Waals surface area (Å²) in [6.07, 6.45) is 0. The smallest absolute Gasteiger partial charge is 0.336 e. The second-order valence-electron chi connectivity index (χ2n) is 9.10. The highest BCUT2D eigenvalue weighted by Crippen LogP contribution is 2.47. The van der Waals surface area contributed by atoms with Gasteiger partial charge in [0.25, 0.3) is 5.91 Å². The number of carboxylic acids is 1. The number of carbonyl (C=O) groups excluding carboxylic acids is 2. The fourth-order valence-electron chi connectivity index (χ4n) is 5.21. The number of carbonyl (C=O) groups is 3. The first kappa shape index (κ1) is 25.2. The fraction of sp³-hybridized carbons (Fsp3) is 0.231. The Kier molecular flexibility index (Phi) is 6.46. The SMILES string of the molecule is CN1C(=O)N(c2cc(Cl)cc(Cl)c2)C(=O)[C@]12CN(Cc1cc(C(=O)O)cs1)CC2c1ccc(C#N)cc1. The van der Waals surface area contributed by atoms with Gasteiger partial charge >= 0.3 is 12.0 Å². The van der Waals surface area contributed by atoms with Crippen LogP contribution in [0.4, 0.5) is 10.5 Å². The van der Waals surface area contributed by atoms with Gasteiger partial charge in [-0.05, 0) is 42.0 Å². The summed E-state index contributed by atoms with van der Waals surface area (Å²) in [6.45, 7) is 1.11. The lowest BCUT2D eigenvalue weighted by molar-refractivity contribution is -0.124. The second kappa shape index (κ2) is 9.47. The number of hydrogen-bond acceptors (Lipinski definition) is 6. The molecule has 5 rings (SSSR count). The van der Waals surface area contributed by atoms with Crippen molar-refractivity contribution >= 4 is 58.1 Å². The molecule has 0 bridgehead atoms. The normalized spacial score (nSPS) is 21.7. The van der Waals surface area contributed by atoms with Crippen LogP contribution in [0.1, 0.15) is 32.3 Å². The van der Waals surface area contributed by atoms with Gasteiger partial charge in [0, 0.05) is 52.9 Å². The first-order chi connectivity index (χ1) is 17.6. The van der Waals surface area contributed by atoms with Crippen molar-refractivity contribution in [1.29, 1.82) is 5.26 Å². The summed E-state index contributed by atoms with van der Waals surface area (Å²) in [6, 6.07) is 14.8. The summed E-state index contributed by atoms with van der Waals surface area (Å²) in [5.41, 5.74) is 0.582. The summed E-state index contributed by atoms with van der Waals surface area (Å²) in [5, 5.41) is 20.7. The van der Waals surface area contributed by atoms with Gasteiger partial charge in [0.15, 0.2) is 0 Å². The van der Waals surface area contributed by atoms with Crippen LogP contribution in [-0.4, -0.2) is 58.5 Å². The van der Waals surface area contributed by atoms with Crippen molar-refractivity contribution in [2.24, 2.45) is 0 Å². The number of nitrogens with zero attached hydrogens (tertiary/aromatic N) is 4. The third-order valence-corrected chi connectivity index (χ3v) is 8.32. The van der Waals surface area contributed by atoms with Crippen molar-refractivity contribution in [3.63, 3.8) is 0 Å². The highest BCUT2D eigenvalue weighted by molar-refractivity contribution is 7.10. The monoisotopic (exact) mass is 554 g/mol. The van der Waals surface area contributed by atoms with Gasteiger partial charge in [0.1, 0.15) is 5.54 Å². The number of rotatable bonds is 5. The Hall–Kier alpha value is -3.42. The van der Waals surface area contributed by atoms with Crippen LogP contribution >= 0.6 is 34.5 Å². The molecule has 0 saturated carbocycles. The Bertz CT molecular complexity index is 1450. The van der Waals surface area contributed by atoms with Gasteiger partial charge in [-0.1, -0.05) is 35.3 Å². The summed E-state index contributed by atoms with van der Waals surface area (Å²) in [4.78, 5) is 44.6. The largest absolute Gasteiger partial charge is 0.478 e. The molecule has 0 aliphatic carbocycles. The predicted octanol–water partition coefficient (Wildman–Crippen LogP) is 5.06. The maximum Gasteiger partial charge on any atom is 0.336 e. The molecule has 1 N–H and O–H groups in total. The minimum absolute atomic E-state index is 0.214. The lowest BCUT2D eigenvalue weighted by Crippen LogP contribution is -2.53. The molecule has 11 heteroatoms. The number of aromatic carboxylic acids is 1. The van der Waals surface area contributed by atoms with E-state index in [4.69, 9.17) is 23.2 Å². The predicted molar refractivity (Wildman–Crippen MR) is 140 cm³/mol. The number of carboxylic acid groups (broad SMARTS) is 1. The van der Waals surface area contributed by atoms with Gasteiger partial charge in [-0.3, -0.25) is 9.69 Å². The van der Waals surface area contributed by atoms with Crippen molar-refractivity contribution in [1.82, 2.24) is 9.80 Å². The molecule has 2 fully saturated rings. The van der Waals surface area contributed by atoms with E-state index in [2.05, 4.69) is 11.0 Å². The number of hydrogen-bond donors (Lipinski definition) is 1. The summed E-state index contributed by atoms with van der Waals surface area (Å²) in [5.74, 6) is -1.80. The van der Waals surface area contributed by atoms with Gasteiger partial charge in [-0.25, -0.2) is 14.5 Å². The minimum Gasteiger partial charge on any atom is -0.478 e. The zero-order valence-corrected chi connectivity index (χ0v) is 21.8. The van der Waals surface area contributed by atoms with Crippen LogP contribution in [0.2, 0.25) is 10.0 Å². The number of benzene rings is 2. The van der Waals surface area contributed by atoms with Crippen LogP contribution in [0, 0.1) is 11.3 Å². The number of likely N-dealkylation sites (tertiary alicyclic amines) is 1. The third-order valence-electron chi connectivity index (χ3n) is 6.96. The Morgan fingerprint density at radius 3 is 2.43 bits per heavy atom. The molecule has 3 heterocycles. The molecule has 188 valence electrons. The van der Waals surface area contributed by atoms with E-state index in [0.29, 0.717) is 28.7 Å². The van der Waals surface area contributed by atoms with Gasteiger partial charge in [-0.15, -0.1) is 11.3 Å². The number of urea groups is 1. The van der Waals surface area contributed by atoms with Crippen LogP contribution < -0.4 is 4.90 Å². The lowest BCUT2D eigenvalue weighted by atomic mass is 9.80. The van der Waals surface area contributed by atoms with E-state index in [1.807, 2.05) is 12.1 Å². The topological polar surface area (TPSA) is 105 Å². The van der Waals surface area contributed by atoms with E-state index >= 15 is 0 Å². The molecule has 37 heavy (non-hydrogen) atoms. The molecular weight excluding hydrogens is 535 g/mol. The quantitative estimate of drug-likeness (QED) is 0.442. The Morgan fingerprint density at radius 1 is 1.16 bits per heavy atom. The first-order valence-corrected chi connectivity index (χ1v) is 12.9. The minimum atomic E-state index is -1.23. The molecule has 2 aromatic carbocycles. The third kappa shape index (κ3) is 4.26. The molecule has 2 saturated heterocycles. The number of imide groups is 1. The Labute approximate surface area is 226 Å². The van der Waals surface area contributed by atoms with Crippen molar-refractivity contribution in [2.75, 3.05) is 25.0 Å². The van der Waals surface area contributed by atoms with Crippen LogP contribution in [0.3, 0.4) is 0 Å². The van der Waals surface area contributed by atoms with Crippen LogP contribution in [0.5, 0.6) is 0 Å². The first-order valence-electron chi connectivity index (χ1n) is 11.3. The van der Waals surface area contributed by atoms with E-state index < -0.39 is 29.4 Å². The van der Waals surface area contributed by atoms with Crippen molar-refractivity contribution in [3.8, 4) is 6.07 Å². The number of nitriles is 1. The molecule has 3 aromatic rings. The zero-order valence-electron chi connectivity index (χ0n) is 19.5. The average Bonchev–Trinajstić information content (AvgIpc) is 3.53. The summed E-state index contributed by atoms with van der Waals surface area (Å²) < 4.78 is 0. The van der Waals surface area contributed by atoms with E-state index in [1.165, 1.54) is 34.4 Å². The summed E-state index contributed by atoms with van der Waals surface area (Å²) >= 11 is 13.7. The van der Waals surface area contributed by atoms with Gasteiger partial charge in [0.2, 0.25) is 0 Å². The molecule has 8 nitrogen and oxygen atoms in total. The van der Waals surface area contributed by atoms with Crippen LogP contribution in [0.15, 0.2) is 53.9 Å². The highest BCUT2D eigenvalue weighted by atomic mass is 35.5. The average molecular weight is 555 g/mol. The Morgan fingerprint density at radius 2 is 1.84 bits per heavy atom. The Balaban J connectivity index is 1.56. The zero-order chi connectivity index (χ0) is 26.5. The lowest BCUT2D eigenvalue weighted by Gasteiger charge is -2.34. The van der Waals surface area contributed by atoms with E-state index in [0.717, 1.165) is 15.3 Å². The standard InChI is InChI=1S/C26H20Cl2N4O4S/c1-30-25(36)32(20-8-18(27)7-19(28)9-20)24(35)26(30)14-31(11-21-6-17(13-37-21)23(33)34)12-22(26)16-4-2-15(10-29)3-5-16/h2-9,13,22H,11-12,14H2,1H3,(H,33,34)/t22?,26-/m1/s1. The van der Waals surface area contributed by atoms with Gasteiger partial charge in [0.05, 0.1) is 22.9 Å². The number of anilines is 1. The summed E-state index contributed by atoms with van der Waals surface area (Å²) in [7, 11) is 1.61. The van der Waals surface area contributed by atoms with Crippen molar-refractivity contribution < 1.29 is 19.5 Å². The van der Waals surface area contributed by atoms with Crippen molar-refractivity contribution in [2.45, 2.75) is 18.0 Å². The fourth-order valence-corrected chi connectivity index (χ4v) is 6.62. The van der Waals surface area contributed by atoms with Crippen molar-refractivity contribution in [3.05, 3.63) is 85.5 Å². The molecule has 2 aliphatic rings.